The number of nitrogens with zero attached hydrogens (tertiary/aromatic N) is 1. The highest BCUT2D eigenvalue weighted by Crippen LogP contribution is 2.33. The van der Waals surface area contributed by atoms with Gasteiger partial charge in [0.1, 0.15) is 5.82 Å². The topological polar surface area (TPSA) is 68.0 Å². The van der Waals surface area contributed by atoms with Crippen LogP contribution in [0.3, 0.4) is 0 Å². The molecule has 0 fully saturated rings. The molecule has 0 saturated carbocycles. The number of aromatic nitrogens is 1. The van der Waals surface area contributed by atoms with Crippen molar-refractivity contribution < 1.29 is 26.7 Å². The second-order valence-corrected chi connectivity index (χ2v) is 4.88. The number of nitrogen functional groups attached to an aromatic ring is 1. The van der Waals surface area contributed by atoms with E-state index in [1.165, 1.54) is 6.07 Å². The summed E-state index contributed by atoms with van der Waals surface area (Å²) in [4.78, 5) is 15.9. The van der Waals surface area contributed by atoms with Gasteiger partial charge < -0.3 is 11.1 Å². The Morgan fingerprint density at radius 1 is 1.21 bits per heavy atom. The predicted octanol–water partition coefficient (Wildman–Crippen LogP) is 3.55. The van der Waals surface area contributed by atoms with Crippen molar-refractivity contribution in [3.8, 4) is 0 Å². The summed E-state index contributed by atoms with van der Waals surface area (Å²) in [5, 5.41) is 2.32. The van der Waals surface area contributed by atoms with E-state index in [2.05, 4.69) is 10.3 Å². The highest BCUT2D eigenvalue weighted by atomic mass is 19.4. The van der Waals surface area contributed by atoms with Crippen LogP contribution in [0.1, 0.15) is 33.6 Å². The molecule has 2 rings (SSSR count). The van der Waals surface area contributed by atoms with Crippen molar-refractivity contribution in [1.82, 2.24) is 10.3 Å². The van der Waals surface area contributed by atoms with Gasteiger partial charge in [-0.2, -0.15) is 13.2 Å². The van der Waals surface area contributed by atoms with Crippen LogP contribution in [0.15, 0.2) is 36.4 Å². The number of hydrogen-bond donors (Lipinski definition) is 2. The fraction of sp³-hybridized carbons (Fsp3) is 0.200. The first-order valence-electron chi connectivity index (χ1n) is 6.67. The first-order chi connectivity index (χ1) is 11.2. The molecule has 3 N–H and O–H groups in total. The number of nitrogens with one attached hydrogen (secondary N) is 1. The predicted molar refractivity (Wildman–Crippen MR) is 76.2 cm³/mol. The number of anilines is 1. The quantitative estimate of drug-likeness (QED) is 0.833. The monoisotopic (exact) mass is 345 g/mol. The number of carbonyl (C=O) groups is 1. The fourth-order valence-corrected chi connectivity index (χ4v) is 1.94. The van der Waals surface area contributed by atoms with Gasteiger partial charge in [-0.1, -0.05) is 6.07 Å². The largest absolute Gasteiger partial charge is 0.416 e. The minimum Gasteiger partial charge on any atom is -0.384 e. The standard InChI is InChI=1S/C15H12F5N3O/c16-13(17)8-4-9(6-10(5-8)15(18,19)20)14(24)22-7-11-2-1-3-12(21)23-11/h1-6,13H,7H2,(H2,21,23)(H,22,24). The fourth-order valence-electron chi connectivity index (χ4n) is 1.94. The smallest absolute Gasteiger partial charge is 0.384 e. The summed E-state index contributed by atoms with van der Waals surface area (Å²) >= 11 is 0. The molecule has 0 aliphatic carbocycles. The Balaban J connectivity index is 2.23. The summed E-state index contributed by atoms with van der Waals surface area (Å²) in [6.45, 7) is -0.107. The van der Waals surface area contributed by atoms with E-state index < -0.39 is 35.2 Å². The third-order valence-corrected chi connectivity index (χ3v) is 3.06. The lowest BCUT2D eigenvalue weighted by molar-refractivity contribution is -0.137. The van der Waals surface area contributed by atoms with Crippen molar-refractivity contribution in [2.24, 2.45) is 0 Å². The zero-order valence-electron chi connectivity index (χ0n) is 12.1. The Hall–Kier alpha value is -2.71. The van der Waals surface area contributed by atoms with Crippen LogP contribution in [0.25, 0.3) is 0 Å². The number of carbonyl (C=O) groups excluding carboxylic acids is 1. The van der Waals surface area contributed by atoms with Crippen molar-refractivity contribution in [1.29, 1.82) is 0 Å². The number of rotatable bonds is 4. The van der Waals surface area contributed by atoms with Crippen molar-refractivity contribution in [2.45, 2.75) is 19.1 Å². The Bertz CT molecular complexity index is 746. The second kappa shape index (κ2) is 6.81. The van der Waals surface area contributed by atoms with Crippen LogP contribution in [0.5, 0.6) is 0 Å². The molecule has 1 amide bonds. The van der Waals surface area contributed by atoms with Gasteiger partial charge in [-0.15, -0.1) is 0 Å². The minimum atomic E-state index is -4.84. The van der Waals surface area contributed by atoms with E-state index in [-0.39, 0.29) is 12.4 Å². The number of hydrogen-bond acceptors (Lipinski definition) is 3. The average Bonchev–Trinajstić information content (AvgIpc) is 2.51. The normalized spacial score (nSPS) is 11.6. The van der Waals surface area contributed by atoms with Gasteiger partial charge in [0, 0.05) is 11.1 Å². The summed E-state index contributed by atoms with van der Waals surface area (Å²) in [7, 11) is 0. The molecule has 1 aromatic heterocycles. The lowest BCUT2D eigenvalue weighted by atomic mass is 10.0. The van der Waals surface area contributed by atoms with E-state index in [9.17, 15) is 26.7 Å². The number of alkyl halides is 5. The molecule has 128 valence electrons. The highest BCUT2D eigenvalue weighted by Gasteiger charge is 2.32. The van der Waals surface area contributed by atoms with Crippen molar-refractivity contribution >= 4 is 11.7 Å². The number of nitrogens with two attached hydrogens (primary N) is 1. The van der Waals surface area contributed by atoms with Crippen LogP contribution >= 0.6 is 0 Å². The van der Waals surface area contributed by atoms with Gasteiger partial charge in [-0.3, -0.25) is 4.79 Å². The van der Waals surface area contributed by atoms with Crippen LogP contribution < -0.4 is 11.1 Å². The van der Waals surface area contributed by atoms with Crippen molar-refractivity contribution in [2.75, 3.05) is 5.73 Å². The van der Waals surface area contributed by atoms with Gasteiger partial charge in [0.2, 0.25) is 0 Å². The molecule has 2 aromatic rings. The highest BCUT2D eigenvalue weighted by molar-refractivity contribution is 5.94. The summed E-state index contributed by atoms with van der Waals surface area (Å²) in [5.74, 6) is -0.715. The summed E-state index contributed by atoms with van der Waals surface area (Å²) < 4.78 is 63.8. The maximum absolute atomic E-state index is 12.8. The minimum absolute atomic E-state index is 0.107. The summed E-state index contributed by atoms with van der Waals surface area (Å²) in [6.07, 6.45) is -7.97. The molecule has 1 aromatic carbocycles. The lowest BCUT2D eigenvalue weighted by Gasteiger charge is -2.12. The van der Waals surface area contributed by atoms with Gasteiger partial charge in [0.15, 0.2) is 0 Å². The maximum Gasteiger partial charge on any atom is 0.416 e. The second-order valence-electron chi connectivity index (χ2n) is 4.88. The van der Waals surface area contributed by atoms with Crippen LogP contribution in [-0.2, 0) is 12.7 Å². The molecule has 0 bridgehead atoms. The van der Waals surface area contributed by atoms with Gasteiger partial charge >= 0.3 is 6.18 Å². The third kappa shape index (κ3) is 4.40. The van der Waals surface area contributed by atoms with Gasteiger partial charge in [0.25, 0.3) is 12.3 Å². The van der Waals surface area contributed by atoms with Crippen molar-refractivity contribution in [3.63, 3.8) is 0 Å². The molecule has 9 heteroatoms. The molecule has 24 heavy (non-hydrogen) atoms. The molecule has 0 aliphatic heterocycles. The molecule has 1 heterocycles. The van der Waals surface area contributed by atoms with Gasteiger partial charge in [-0.05, 0) is 30.3 Å². The van der Waals surface area contributed by atoms with E-state index in [1.807, 2.05) is 0 Å². The maximum atomic E-state index is 12.8. The summed E-state index contributed by atoms with van der Waals surface area (Å²) in [6, 6.07) is 6.22. The van der Waals surface area contributed by atoms with E-state index in [1.54, 1.807) is 12.1 Å². The molecule has 0 unspecified atom stereocenters. The SMILES string of the molecule is Nc1cccc(CNC(=O)c2cc(C(F)F)cc(C(F)(F)F)c2)n1. The number of benzene rings is 1. The van der Waals surface area contributed by atoms with Crippen molar-refractivity contribution in [3.05, 3.63) is 58.8 Å². The summed E-state index contributed by atoms with van der Waals surface area (Å²) in [5.41, 5.74) is 3.14. The molecule has 0 saturated heterocycles. The first-order valence-corrected chi connectivity index (χ1v) is 6.67. The molecule has 0 radical (unpaired) electrons. The average molecular weight is 345 g/mol. The number of pyridine rings is 1. The zero-order chi connectivity index (χ0) is 17.9. The lowest BCUT2D eigenvalue weighted by Crippen LogP contribution is -2.24. The number of amides is 1. The van der Waals surface area contributed by atoms with Crippen LogP contribution in [-0.4, -0.2) is 10.9 Å². The molecule has 0 atom stereocenters. The van der Waals surface area contributed by atoms with E-state index in [0.717, 1.165) is 6.07 Å². The Labute approximate surface area is 133 Å². The Morgan fingerprint density at radius 2 is 1.92 bits per heavy atom. The molecular formula is C15H12F5N3O. The van der Waals surface area contributed by atoms with Crippen LogP contribution in [0, 0.1) is 0 Å². The van der Waals surface area contributed by atoms with Crippen LogP contribution in [0.2, 0.25) is 0 Å². The third-order valence-electron chi connectivity index (χ3n) is 3.06. The molecular weight excluding hydrogens is 333 g/mol. The van der Waals surface area contributed by atoms with E-state index in [0.29, 0.717) is 17.8 Å². The van der Waals surface area contributed by atoms with Gasteiger partial charge in [-0.25, -0.2) is 13.8 Å². The van der Waals surface area contributed by atoms with E-state index in [4.69, 9.17) is 5.73 Å². The zero-order valence-corrected chi connectivity index (χ0v) is 12.1. The first kappa shape index (κ1) is 17.6. The molecule has 0 spiro atoms. The van der Waals surface area contributed by atoms with Gasteiger partial charge in [0.05, 0.1) is 17.8 Å². The van der Waals surface area contributed by atoms with E-state index >= 15 is 0 Å². The van der Waals surface area contributed by atoms with Crippen LogP contribution in [0.4, 0.5) is 27.8 Å². The molecule has 0 aliphatic rings. The number of halogens is 5. The Morgan fingerprint density at radius 3 is 2.50 bits per heavy atom. The molecule has 4 nitrogen and oxygen atoms in total. The Kier molecular flexibility index (Phi) is 5.01.